The molecular weight excluding hydrogens is 226 g/mol. The number of aromatic nitrogens is 2. The molecule has 1 fully saturated rings. The molecule has 1 aromatic rings. The first-order chi connectivity index (χ1) is 8.10. The van der Waals surface area contributed by atoms with Gasteiger partial charge < -0.3 is 14.7 Å². The van der Waals surface area contributed by atoms with Gasteiger partial charge in [0.15, 0.2) is 5.82 Å². The van der Waals surface area contributed by atoms with Gasteiger partial charge in [-0.2, -0.15) is 4.98 Å². The number of aliphatic carboxylic acids is 1. The van der Waals surface area contributed by atoms with Crippen LogP contribution < -0.4 is 0 Å². The van der Waals surface area contributed by atoms with E-state index in [1.165, 1.54) is 0 Å². The highest BCUT2D eigenvalue weighted by atomic mass is 16.5. The van der Waals surface area contributed by atoms with Crippen LogP contribution in [0.15, 0.2) is 4.52 Å². The summed E-state index contributed by atoms with van der Waals surface area (Å²) < 4.78 is 5.00. The van der Waals surface area contributed by atoms with Crippen molar-refractivity contribution in [3.8, 4) is 0 Å². The predicted molar refractivity (Wildman–Crippen MR) is 56.1 cm³/mol. The highest BCUT2D eigenvalue weighted by Crippen LogP contribution is 2.20. The summed E-state index contributed by atoms with van der Waals surface area (Å²) in [7, 11) is 0. The second-order valence-electron chi connectivity index (χ2n) is 4.13. The molecule has 1 aliphatic heterocycles. The van der Waals surface area contributed by atoms with Crippen molar-refractivity contribution in [2.45, 2.75) is 38.5 Å². The van der Waals surface area contributed by atoms with Crippen LogP contribution in [-0.4, -0.2) is 49.9 Å². The number of aliphatic hydroxyl groups is 1. The summed E-state index contributed by atoms with van der Waals surface area (Å²) in [4.78, 5) is 16.7. The molecular formula is C10H15N3O4. The van der Waals surface area contributed by atoms with Crippen molar-refractivity contribution >= 4 is 5.97 Å². The van der Waals surface area contributed by atoms with Gasteiger partial charge in [-0.1, -0.05) is 12.1 Å². The highest BCUT2D eigenvalue weighted by molar-refractivity contribution is 5.73. The van der Waals surface area contributed by atoms with Crippen LogP contribution in [0, 0.1) is 0 Å². The molecule has 1 aliphatic rings. The first kappa shape index (κ1) is 12.0. The Kier molecular flexibility index (Phi) is 3.39. The van der Waals surface area contributed by atoms with Gasteiger partial charge in [0.25, 0.3) is 0 Å². The lowest BCUT2D eigenvalue weighted by Crippen LogP contribution is -2.35. The van der Waals surface area contributed by atoms with Crippen LogP contribution in [-0.2, 0) is 17.8 Å². The summed E-state index contributed by atoms with van der Waals surface area (Å²) in [5.41, 5.74) is 0. The van der Waals surface area contributed by atoms with Crippen molar-refractivity contribution in [1.29, 1.82) is 0 Å². The zero-order chi connectivity index (χ0) is 12.4. The molecule has 2 N–H and O–H groups in total. The van der Waals surface area contributed by atoms with Gasteiger partial charge in [0.1, 0.15) is 6.04 Å². The van der Waals surface area contributed by atoms with Gasteiger partial charge in [-0.05, 0) is 0 Å². The van der Waals surface area contributed by atoms with Gasteiger partial charge >= 0.3 is 5.97 Å². The van der Waals surface area contributed by atoms with Gasteiger partial charge in [-0.15, -0.1) is 0 Å². The minimum absolute atomic E-state index is 0.240. The van der Waals surface area contributed by atoms with Crippen LogP contribution in [0.3, 0.4) is 0 Å². The van der Waals surface area contributed by atoms with Crippen molar-refractivity contribution in [2.75, 3.05) is 6.54 Å². The Bertz CT molecular complexity index is 406. The van der Waals surface area contributed by atoms with Crippen molar-refractivity contribution in [3.63, 3.8) is 0 Å². The van der Waals surface area contributed by atoms with Gasteiger partial charge in [0, 0.05) is 19.4 Å². The third-order valence-corrected chi connectivity index (χ3v) is 2.83. The summed E-state index contributed by atoms with van der Waals surface area (Å²) in [6.45, 7) is 2.50. The molecule has 2 atom stereocenters. The molecule has 0 amide bonds. The van der Waals surface area contributed by atoms with E-state index in [0.717, 1.165) is 0 Å². The highest BCUT2D eigenvalue weighted by Gasteiger charge is 2.36. The number of hydrogen-bond donors (Lipinski definition) is 2. The number of aliphatic hydroxyl groups excluding tert-OH is 1. The summed E-state index contributed by atoms with van der Waals surface area (Å²) in [6.07, 6.45) is 0.308. The fraction of sp³-hybridized carbons (Fsp3) is 0.700. The smallest absolute Gasteiger partial charge is 0.321 e. The largest absolute Gasteiger partial charge is 0.480 e. The molecule has 0 spiro atoms. The fourth-order valence-electron chi connectivity index (χ4n) is 1.98. The number of carbonyl (C=O) groups is 1. The lowest BCUT2D eigenvalue weighted by atomic mass is 10.2. The van der Waals surface area contributed by atoms with E-state index >= 15 is 0 Å². The maximum Gasteiger partial charge on any atom is 0.321 e. The van der Waals surface area contributed by atoms with E-state index in [4.69, 9.17) is 9.63 Å². The Labute approximate surface area is 98.0 Å². The number of likely N-dealkylation sites (tertiary alicyclic amines) is 1. The Balaban J connectivity index is 2.04. The minimum atomic E-state index is -0.934. The molecule has 0 aromatic carbocycles. The monoisotopic (exact) mass is 241 g/mol. The molecule has 94 valence electrons. The number of carboxylic acid groups (broad SMARTS) is 1. The van der Waals surface area contributed by atoms with Gasteiger partial charge in [-0.25, -0.2) is 0 Å². The number of β-amino-alcohol motifs (C(OH)–C–C–N with tert-alkyl or cyclic N) is 1. The standard InChI is InChI=1S/C10H15N3O4/c1-2-8-11-9(17-12-8)5-13-4-6(14)3-7(13)10(15)16/h6-7,14H,2-5H2,1H3,(H,15,16). The molecule has 7 nitrogen and oxygen atoms in total. The van der Waals surface area contributed by atoms with Crippen molar-refractivity contribution < 1.29 is 19.5 Å². The topological polar surface area (TPSA) is 99.7 Å². The van der Waals surface area contributed by atoms with Crippen molar-refractivity contribution in [1.82, 2.24) is 15.0 Å². The Hall–Kier alpha value is -1.47. The normalized spacial score (nSPS) is 25.3. The summed E-state index contributed by atoms with van der Waals surface area (Å²) in [5.74, 6) is 0.0607. The SMILES string of the molecule is CCc1noc(CN2CC(O)CC2C(=O)O)n1. The van der Waals surface area contributed by atoms with Crippen LogP contribution in [0.1, 0.15) is 25.1 Å². The third kappa shape index (κ3) is 2.62. The molecule has 2 heterocycles. The molecule has 0 saturated carbocycles. The average Bonchev–Trinajstić information content (AvgIpc) is 2.85. The Morgan fingerprint density at radius 2 is 2.41 bits per heavy atom. The Morgan fingerprint density at radius 1 is 1.65 bits per heavy atom. The molecule has 2 unspecified atom stereocenters. The number of aryl methyl sites for hydroxylation is 1. The molecule has 1 aromatic heterocycles. The van der Waals surface area contributed by atoms with Crippen LogP contribution >= 0.6 is 0 Å². The number of nitrogens with zero attached hydrogens (tertiary/aromatic N) is 3. The average molecular weight is 241 g/mol. The maximum absolute atomic E-state index is 11.0. The zero-order valence-electron chi connectivity index (χ0n) is 9.54. The molecule has 0 radical (unpaired) electrons. The lowest BCUT2D eigenvalue weighted by Gasteiger charge is -2.17. The zero-order valence-corrected chi connectivity index (χ0v) is 9.54. The quantitative estimate of drug-likeness (QED) is 0.743. The predicted octanol–water partition coefficient (Wildman–Crippen LogP) is -0.348. The third-order valence-electron chi connectivity index (χ3n) is 2.83. The summed E-state index contributed by atoms with van der Waals surface area (Å²) >= 11 is 0. The maximum atomic E-state index is 11.0. The van der Waals surface area contributed by atoms with E-state index in [9.17, 15) is 9.90 Å². The Morgan fingerprint density at radius 3 is 3.00 bits per heavy atom. The first-order valence-electron chi connectivity index (χ1n) is 5.56. The molecule has 2 rings (SSSR count). The van der Waals surface area contributed by atoms with E-state index in [0.29, 0.717) is 24.7 Å². The first-order valence-corrected chi connectivity index (χ1v) is 5.56. The molecule has 0 bridgehead atoms. The van der Waals surface area contributed by atoms with E-state index < -0.39 is 18.1 Å². The molecule has 0 aliphatic carbocycles. The van der Waals surface area contributed by atoms with Crippen LogP contribution in [0.25, 0.3) is 0 Å². The number of carboxylic acids is 1. The number of rotatable bonds is 4. The lowest BCUT2D eigenvalue weighted by molar-refractivity contribution is -0.142. The van der Waals surface area contributed by atoms with Crippen LogP contribution in [0.4, 0.5) is 0 Å². The van der Waals surface area contributed by atoms with E-state index in [1.807, 2.05) is 6.92 Å². The summed E-state index contributed by atoms with van der Waals surface area (Å²) in [6, 6.07) is -0.679. The fourth-order valence-corrected chi connectivity index (χ4v) is 1.98. The van der Waals surface area contributed by atoms with Crippen LogP contribution in [0.2, 0.25) is 0 Å². The molecule has 7 heteroatoms. The summed E-state index contributed by atoms with van der Waals surface area (Å²) in [5, 5.41) is 22.2. The van der Waals surface area contributed by atoms with Crippen molar-refractivity contribution in [2.24, 2.45) is 0 Å². The van der Waals surface area contributed by atoms with E-state index in [1.54, 1.807) is 4.90 Å². The van der Waals surface area contributed by atoms with Gasteiger partial charge in [-0.3, -0.25) is 9.69 Å². The number of hydrogen-bond acceptors (Lipinski definition) is 6. The molecule has 1 saturated heterocycles. The van der Waals surface area contributed by atoms with E-state index in [-0.39, 0.29) is 13.0 Å². The second kappa shape index (κ2) is 4.80. The second-order valence-corrected chi connectivity index (χ2v) is 4.13. The van der Waals surface area contributed by atoms with Crippen molar-refractivity contribution in [3.05, 3.63) is 11.7 Å². The van der Waals surface area contributed by atoms with Crippen LogP contribution in [0.5, 0.6) is 0 Å². The molecule has 17 heavy (non-hydrogen) atoms. The van der Waals surface area contributed by atoms with Gasteiger partial charge in [0.2, 0.25) is 5.89 Å². The minimum Gasteiger partial charge on any atom is -0.480 e. The van der Waals surface area contributed by atoms with E-state index in [2.05, 4.69) is 10.1 Å². The van der Waals surface area contributed by atoms with Gasteiger partial charge in [0.05, 0.1) is 12.6 Å².